The fourth-order valence-corrected chi connectivity index (χ4v) is 0.417. The number of alkyl halides is 1. The van der Waals surface area contributed by atoms with E-state index in [2.05, 4.69) is 9.47 Å². The molecule has 0 saturated heterocycles. The standard InChI is InChI=1S/C6H11FO3/c1-3-10-4-5(7)6(8)9-2/h5H,3-4H2,1-2H3. The molecular formula is C6H11FO3. The Morgan fingerprint density at radius 1 is 1.70 bits per heavy atom. The van der Waals surface area contributed by atoms with Gasteiger partial charge < -0.3 is 9.47 Å². The van der Waals surface area contributed by atoms with Crippen LogP contribution in [0.5, 0.6) is 0 Å². The Morgan fingerprint density at radius 3 is 2.70 bits per heavy atom. The summed E-state index contributed by atoms with van der Waals surface area (Å²) in [6, 6.07) is 0. The van der Waals surface area contributed by atoms with Crippen LogP contribution in [0.25, 0.3) is 0 Å². The number of hydrogen-bond acceptors (Lipinski definition) is 3. The van der Waals surface area contributed by atoms with Crippen LogP contribution in [-0.4, -0.2) is 32.5 Å². The summed E-state index contributed by atoms with van der Waals surface area (Å²) in [7, 11) is 1.14. The van der Waals surface area contributed by atoms with Crippen LogP contribution in [0, 0.1) is 0 Å². The molecule has 0 rings (SSSR count). The Morgan fingerprint density at radius 2 is 2.30 bits per heavy atom. The van der Waals surface area contributed by atoms with Crippen molar-refractivity contribution in [2.45, 2.75) is 13.1 Å². The maximum absolute atomic E-state index is 12.4. The van der Waals surface area contributed by atoms with Crippen molar-refractivity contribution in [3.8, 4) is 0 Å². The highest BCUT2D eigenvalue weighted by molar-refractivity contribution is 5.74. The topological polar surface area (TPSA) is 35.5 Å². The Hall–Kier alpha value is -0.640. The highest BCUT2D eigenvalue weighted by atomic mass is 19.1. The van der Waals surface area contributed by atoms with Gasteiger partial charge >= 0.3 is 5.97 Å². The zero-order valence-corrected chi connectivity index (χ0v) is 6.09. The summed E-state index contributed by atoms with van der Waals surface area (Å²) in [5, 5.41) is 0. The van der Waals surface area contributed by atoms with Gasteiger partial charge in [-0.2, -0.15) is 0 Å². The van der Waals surface area contributed by atoms with E-state index in [0.29, 0.717) is 6.61 Å². The lowest BCUT2D eigenvalue weighted by Crippen LogP contribution is -2.22. The van der Waals surface area contributed by atoms with Gasteiger partial charge in [-0.3, -0.25) is 0 Å². The van der Waals surface area contributed by atoms with E-state index in [4.69, 9.17) is 0 Å². The monoisotopic (exact) mass is 150 g/mol. The number of carbonyl (C=O) groups excluding carboxylic acids is 1. The first-order valence-corrected chi connectivity index (χ1v) is 3.02. The number of methoxy groups -OCH3 is 1. The Labute approximate surface area is 59.1 Å². The lowest BCUT2D eigenvalue weighted by Gasteiger charge is -2.04. The quantitative estimate of drug-likeness (QED) is 0.548. The molecule has 0 aliphatic carbocycles. The molecule has 0 aromatic rings. The van der Waals surface area contributed by atoms with E-state index < -0.39 is 12.1 Å². The van der Waals surface area contributed by atoms with Crippen molar-refractivity contribution in [1.82, 2.24) is 0 Å². The van der Waals surface area contributed by atoms with Crippen molar-refractivity contribution >= 4 is 5.97 Å². The molecule has 0 heterocycles. The Bertz CT molecular complexity index is 105. The van der Waals surface area contributed by atoms with E-state index >= 15 is 0 Å². The SMILES string of the molecule is CCOCC(F)C(=O)OC. The van der Waals surface area contributed by atoms with Gasteiger partial charge in [0.15, 0.2) is 0 Å². The van der Waals surface area contributed by atoms with Crippen LogP contribution in [0.4, 0.5) is 4.39 Å². The van der Waals surface area contributed by atoms with E-state index in [1.807, 2.05) is 0 Å². The Kier molecular flexibility index (Phi) is 4.84. The maximum atomic E-state index is 12.4. The number of esters is 1. The van der Waals surface area contributed by atoms with Crippen molar-refractivity contribution in [1.29, 1.82) is 0 Å². The van der Waals surface area contributed by atoms with Crippen LogP contribution in [0.3, 0.4) is 0 Å². The lowest BCUT2D eigenvalue weighted by molar-refractivity contribution is -0.148. The van der Waals surface area contributed by atoms with Crippen LogP contribution in [0.2, 0.25) is 0 Å². The zero-order chi connectivity index (χ0) is 7.98. The molecule has 0 N–H and O–H groups in total. The van der Waals surface area contributed by atoms with Gasteiger partial charge in [0.25, 0.3) is 0 Å². The predicted molar refractivity (Wildman–Crippen MR) is 33.4 cm³/mol. The van der Waals surface area contributed by atoms with Crippen LogP contribution in [0.15, 0.2) is 0 Å². The first-order chi connectivity index (χ1) is 4.72. The van der Waals surface area contributed by atoms with Crippen molar-refractivity contribution < 1.29 is 18.7 Å². The minimum atomic E-state index is -1.65. The highest BCUT2D eigenvalue weighted by Crippen LogP contribution is 1.94. The third-order valence-corrected chi connectivity index (χ3v) is 0.925. The van der Waals surface area contributed by atoms with Gasteiger partial charge in [-0.15, -0.1) is 0 Å². The summed E-state index contributed by atoms with van der Waals surface area (Å²) < 4.78 is 21.1. The molecule has 0 aromatic carbocycles. The summed E-state index contributed by atoms with van der Waals surface area (Å²) in [6.45, 7) is 1.91. The van der Waals surface area contributed by atoms with Gasteiger partial charge in [-0.05, 0) is 6.92 Å². The van der Waals surface area contributed by atoms with Gasteiger partial charge in [0, 0.05) is 6.61 Å². The molecule has 3 nitrogen and oxygen atoms in total. The number of hydrogen-bond donors (Lipinski definition) is 0. The average molecular weight is 150 g/mol. The molecule has 0 bridgehead atoms. The summed E-state index contributed by atoms with van der Waals surface area (Å²) in [6.07, 6.45) is -1.65. The molecule has 4 heteroatoms. The predicted octanol–water partition coefficient (Wildman–Crippen LogP) is 0.534. The van der Waals surface area contributed by atoms with E-state index in [9.17, 15) is 9.18 Å². The molecule has 0 amide bonds. The molecule has 0 saturated carbocycles. The van der Waals surface area contributed by atoms with Crippen molar-refractivity contribution in [2.75, 3.05) is 20.3 Å². The van der Waals surface area contributed by atoms with Gasteiger partial charge in [0.2, 0.25) is 6.17 Å². The van der Waals surface area contributed by atoms with Gasteiger partial charge in [-0.1, -0.05) is 0 Å². The van der Waals surface area contributed by atoms with Crippen molar-refractivity contribution in [3.05, 3.63) is 0 Å². The summed E-state index contributed by atoms with van der Waals surface area (Å²) in [5.41, 5.74) is 0. The molecule has 1 unspecified atom stereocenters. The highest BCUT2D eigenvalue weighted by Gasteiger charge is 2.16. The zero-order valence-electron chi connectivity index (χ0n) is 6.09. The smallest absolute Gasteiger partial charge is 0.342 e. The molecule has 0 aromatic heterocycles. The van der Waals surface area contributed by atoms with Gasteiger partial charge in [-0.25, -0.2) is 9.18 Å². The fourth-order valence-electron chi connectivity index (χ4n) is 0.417. The molecule has 0 radical (unpaired) electrons. The normalized spacial score (nSPS) is 12.7. The molecule has 60 valence electrons. The number of halogens is 1. The number of carbonyl (C=O) groups is 1. The fraction of sp³-hybridized carbons (Fsp3) is 0.833. The minimum absolute atomic E-state index is 0.219. The second-order valence-electron chi connectivity index (χ2n) is 1.65. The first-order valence-electron chi connectivity index (χ1n) is 3.02. The minimum Gasteiger partial charge on any atom is -0.467 e. The summed E-state index contributed by atoms with van der Waals surface area (Å²) in [4.78, 5) is 10.3. The number of ether oxygens (including phenoxy) is 2. The maximum Gasteiger partial charge on any atom is 0.342 e. The van der Waals surface area contributed by atoms with Gasteiger partial charge in [0.05, 0.1) is 13.7 Å². The molecule has 0 aliphatic heterocycles. The first kappa shape index (κ1) is 9.36. The summed E-state index contributed by atoms with van der Waals surface area (Å²) in [5.74, 6) is -0.881. The Balaban J connectivity index is 3.41. The molecule has 10 heavy (non-hydrogen) atoms. The van der Waals surface area contributed by atoms with Crippen LogP contribution < -0.4 is 0 Å². The number of rotatable bonds is 4. The van der Waals surface area contributed by atoms with E-state index in [1.165, 1.54) is 0 Å². The second kappa shape index (κ2) is 5.17. The van der Waals surface area contributed by atoms with E-state index in [1.54, 1.807) is 6.92 Å². The van der Waals surface area contributed by atoms with Gasteiger partial charge in [0.1, 0.15) is 0 Å². The van der Waals surface area contributed by atoms with Crippen molar-refractivity contribution in [2.24, 2.45) is 0 Å². The molecule has 0 fully saturated rings. The lowest BCUT2D eigenvalue weighted by atomic mass is 10.4. The molecule has 0 spiro atoms. The van der Waals surface area contributed by atoms with Crippen LogP contribution >= 0.6 is 0 Å². The summed E-state index contributed by atoms with van der Waals surface area (Å²) >= 11 is 0. The second-order valence-corrected chi connectivity index (χ2v) is 1.65. The molecular weight excluding hydrogens is 139 g/mol. The third-order valence-electron chi connectivity index (χ3n) is 0.925. The van der Waals surface area contributed by atoms with E-state index in [0.717, 1.165) is 7.11 Å². The van der Waals surface area contributed by atoms with Crippen LogP contribution in [0.1, 0.15) is 6.92 Å². The van der Waals surface area contributed by atoms with Crippen molar-refractivity contribution in [3.63, 3.8) is 0 Å². The third kappa shape index (κ3) is 3.40. The molecule has 1 atom stereocenters. The average Bonchev–Trinajstić information content (AvgIpc) is 1.98. The van der Waals surface area contributed by atoms with E-state index in [-0.39, 0.29) is 6.61 Å². The molecule has 0 aliphatic rings. The van der Waals surface area contributed by atoms with Crippen LogP contribution in [-0.2, 0) is 14.3 Å². The largest absolute Gasteiger partial charge is 0.467 e.